The highest BCUT2D eigenvalue weighted by atomic mass is 32.2. The van der Waals surface area contributed by atoms with Crippen molar-refractivity contribution in [2.45, 2.75) is 50.0 Å². The van der Waals surface area contributed by atoms with Gasteiger partial charge in [0, 0.05) is 25.6 Å². The van der Waals surface area contributed by atoms with Crippen LogP contribution in [0, 0.1) is 11.3 Å². The second kappa shape index (κ2) is 7.53. The van der Waals surface area contributed by atoms with Crippen molar-refractivity contribution < 1.29 is 13.2 Å². The minimum atomic E-state index is -3.44. The Morgan fingerprint density at radius 3 is 2.67 bits per heavy atom. The standard InChI is InChI=1S/C20H29N3O3S/c24-19(18-14-20(18)7-9-21-10-8-20)22-15-16-5-4-6-17(13-16)27(25,26)23-11-2-1-3-12-23/h4-6,13,18,21H,1-3,7-12,14-15H2,(H,22,24). The maximum absolute atomic E-state index is 12.8. The molecule has 3 fully saturated rings. The molecule has 1 unspecified atom stereocenters. The molecule has 1 atom stereocenters. The first-order chi connectivity index (χ1) is 13.0. The van der Waals surface area contributed by atoms with Gasteiger partial charge in [0.1, 0.15) is 0 Å². The summed E-state index contributed by atoms with van der Waals surface area (Å²) in [5, 5.41) is 6.38. The van der Waals surface area contributed by atoms with Gasteiger partial charge in [-0.15, -0.1) is 0 Å². The normalized spacial score (nSPS) is 25.3. The smallest absolute Gasteiger partial charge is 0.243 e. The van der Waals surface area contributed by atoms with Crippen LogP contribution in [0.4, 0.5) is 0 Å². The lowest BCUT2D eigenvalue weighted by Gasteiger charge is -2.26. The molecular weight excluding hydrogens is 362 g/mol. The second-order valence-electron chi connectivity index (χ2n) is 8.20. The number of nitrogens with one attached hydrogen (secondary N) is 2. The van der Waals surface area contributed by atoms with Crippen LogP contribution >= 0.6 is 0 Å². The number of piperidine rings is 2. The molecule has 4 rings (SSSR count). The van der Waals surface area contributed by atoms with Gasteiger partial charge in [0.05, 0.1) is 4.90 Å². The topological polar surface area (TPSA) is 78.5 Å². The predicted molar refractivity (Wildman–Crippen MR) is 104 cm³/mol. The summed E-state index contributed by atoms with van der Waals surface area (Å²) in [5.74, 6) is 0.237. The highest BCUT2D eigenvalue weighted by Gasteiger charge is 2.57. The fraction of sp³-hybridized carbons (Fsp3) is 0.650. The molecule has 1 amide bonds. The van der Waals surface area contributed by atoms with E-state index in [1.165, 1.54) is 0 Å². The lowest BCUT2D eigenvalue weighted by molar-refractivity contribution is -0.123. The van der Waals surface area contributed by atoms with Crippen molar-refractivity contribution in [3.8, 4) is 0 Å². The third kappa shape index (κ3) is 3.91. The van der Waals surface area contributed by atoms with Gasteiger partial charge in [-0.3, -0.25) is 4.79 Å². The maximum Gasteiger partial charge on any atom is 0.243 e. The molecule has 1 aromatic carbocycles. The number of sulfonamides is 1. The molecule has 2 heterocycles. The number of nitrogens with zero attached hydrogens (tertiary/aromatic N) is 1. The van der Waals surface area contributed by atoms with Gasteiger partial charge in [0.15, 0.2) is 0 Å². The number of rotatable bonds is 5. The molecule has 0 aromatic heterocycles. The summed E-state index contributed by atoms with van der Waals surface area (Å²) < 4.78 is 27.2. The van der Waals surface area contributed by atoms with Gasteiger partial charge in [0.2, 0.25) is 15.9 Å². The van der Waals surface area contributed by atoms with E-state index in [2.05, 4.69) is 10.6 Å². The Morgan fingerprint density at radius 1 is 1.19 bits per heavy atom. The number of hydrogen-bond acceptors (Lipinski definition) is 4. The largest absolute Gasteiger partial charge is 0.352 e. The summed E-state index contributed by atoms with van der Waals surface area (Å²) >= 11 is 0. The quantitative estimate of drug-likeness (QED) is 0.803. The summed E-state index contributed by atoms with van der Waals surface area (Å²) in [4.78, 5) is 12.9. The van der Waals surface area contributed by atoms with Gasteiger partial charge in [-0.1, -0.05) is 18.6 Å². The highest BCUT2D eigenvalue weighted by molar-refractivity contribution is 7.89. The zero-order valence-electron chi connectivity index (χ0n) is 15.7. The van der Waals surface area contributed by atoms with Crippen molar-refractivity contribution in [2.24, 2.45) is 11.3 Å². The molecular formula is C20H29N3O3S. The van der Waals surface area contributed by atoms with Crippen molar-refractivity contribution in [1.82, 2.24) is 14.9 Å². The third-order valence-corrected chi connectivity index (χ3v) is 8.32. The number of hydrogen-bond donors (Lipinski definition) is 2. The Labute approximate surface area is 161 Å². The molecule has 27 heavy (non-hydrogen) atoms. The van der Waals surface area contributed by atoms with Gasteiger partial charge < -0.3 is 10.6 Å². The molecule has 148 valence electrons. The van der Waals surface area contributed by atoms with Crippen LogP contribution in [0.25, 0.3) is 0 Å². The van der Waals surface area contributed by atoms with Crippen LogP contribution in [-0.4, -0.2) is 44.8 Å². The molecule has 1 spiro atoms. The van der Waals surface area contributed by atoms with Crippen molar-refractivity contribution in [3.05, 3.63) is 29.8 Å². The van der Waals surface area contributed by atoms with Gasteiger partial charge in [-0.25, -0.2) is 8.42 Å². The highest BCUT2D eigenvalue weighted by Crippen LogP contribution is 2.58. The van der Waals surface area contributed by atoms with Crippen LogP contribution in [0.1, 0.15) is 44.1 Å². The fourth-order valence-electron chi connectivity index (χ4n) is 4.58. The lowest BCUT2D eigenvalue weighted by Crippen LogP contribution is -2.35. The summed E-state index contributed by atoms with van der Waals surface area (Å²) in [6.07, 6.45) is 6.09. The molecule has 2 N–H and O–H groups in total. The number of carbonyl (C=O) groups excluding carboxylic acids is 1. The maximum atomic E-state index is 12.8. The van der Waals surface area contributed by atoms with Crippen LogP contribution in [0.3, 0.4) is 0 Å². The molecule has 2 saturated heterocycles. The molecule has 7 heteroatoms. The summed E-state index contributed by atoms with van der Waals surface area (Å²) in [6, 6.07) is 7.00. The van der Waals surface area contributed by atoms with Crippen LogP contribution in [-0.2, 0) is 21.4 Å². The van der Waals surface area contributed by atoms with Gasteiger partial charge in [-0.2, -0.15) is 4.31 Å². The van der Waals surface area contributed by atoms with Crippen molar-refractivity contribution in [3.63, 3.8) is 0 Å². The van der Waals surface area contributed by atoms with Gasteiger partial charge >= 0.3 is 0 Å². The van der Waals surface area contributed by atoms with Crippen LogP contribution < -0.4 is 10.6 Å². The SMILES string of the molecule is O=C(NCc1cccc(S(=O)(=O)N2CCCCC2)c1)C1CC12CCNCC2. The zero-order valence-corrected chi connectivity index (χ0v) is 16.6. The predicted octanol–water partition coefficient (Wildman–Crippen LogP) is 1.87. The molecule has 1 aromatic rings. The monoisotopic (exact) mass is 391 g/mol. The first-order valence-electron chi connectivity index (χ1n) is 10.1. The van der Waals surface area contributed by atoms with E-state index < -0.39 is 10.0 Å². The number of carbonyl (C=O) groups is 1. The summed E-state index contributed by atoms with van der Waals surface area (Å²) in [7, 11) is -3.44. The summed E-state index contributed by atoms with van der Waals surface area (Å²) in [6.45, 7) is 3.58. The van der Waals surface area contributed by atoms with Crippen LogP contribution in [0.15, 0.2) is 29.2 Å². The third-order valence-electron chi connectivity index (χ3n) is 6.42. The van der Waals surface area contributed by atoms with E-state index in [1.807, 2.05) is 6.07 Å². The van der Waals surface area contributed by atoms with E-state index in [4.69, 9.17) is 0 Å². The lowest BCUT2D eigenvalue weighted by atomic mass is 9.92. The van der Waals surface area contributed by atoms with Gasteiger partial charge in [0.25, 0.3) is 0 Å². The van der Waals surface area contributed by atoms with Crippen LogP contribution in [0.2, 0.25) is 0 Å². The van der Waals surface area contributed by atoms with E-state index in [1.54, 1.807) is 22.5 Å². The minimum absolute atomic E-state index is 0.112. The van der Waals surface area contributed by atoms with Crippen molar-refractivity contribution in [2.75, 3.05) is 26.2 Å². The molecule has 1 saturated carbocycles. The molecule has 0 bridgehead atoms. The molecule has 6 nitrogen and oxygen atoms in total. The molecule has 2 aliphatic heterocycles. The molecule has 3 aliphatic rings. The Balaban J connectivity index is 1.37. The first kappa shape index (κ1) is 18.9. The van der Waals surface area contributed by atoms with Crippen LogP contribution in [0.5, 0.6) is 0 Å². The fourth-order valence-corrected chi connectivity index (χ4v) is 6.17. The Kier molecular flexibility index (Phi) is 5.27. The number of amides is 1. The Bertz CT molecular complexity index is 796. The Morgan fingerprint density at radius 2 is 1.93 bits per heavy atom. The second-order valence-corrected chi connectivity index (χ2v) is 10.1. The minimum Gasteiger partial charge on any atom is -0.352 e. The first-order valence-corrected chi connectivity index (χ1v) is 11.5. The van der Waals surface area contributed by atoms with Crippen molar-refractivity contribution in [1.29, 1.82) is 0 Å². The average molecular weight is 392 g/mol. The van der Waals surface area contributed by atoms with Crippen molar-refractivity contribution >= 4 is 15.9 Å². The van der Waals surface area contributed by atoms with E-state index in [0.29, 0.717) is 24.5 Å². The van der Waals surface area contributed by atoms with E-state index in [0.717, 1.165) is 57.2 Å². The van der Waals surface area contributed by atoms with Gasteiger partial charge in [-0.05, 0) is 68.3 Å². The van der Waals surface area contributed by atoms with E-state index >= 15 is 0 Å². The Hall–Kier alpha value is -1.44. The zero-order chi connectivity index (χ0) is 18.9. The molecule has 0 radical (unpaired) electrons. The summed E-state index contributed by atoms with van der Waals surface area (Å²) in [5.41, 5.74) is 1.05. The van der Waals surface area contributed by atoms with E-state index in [9.17, 15) is 13.2 Å². The average Bonchev–Trinajstić information content (AvgIpc) is 3.40. The molecule has 1 aliphatic carbocycles. The number of benzene rings is 1. The van der Waals surface area contributed by atoms with E-state index in [-0.39, 0.29) is 17.2 Å².